The van der Waals surface area contributed by atoms with Crippen molar-refractivity contribution in [3.8, 4) is 0 Å². The molecule has 0 aromatic heterocycles. The highest BCUT2D eigenvalue weighted by atomic mass is 16.3. The maximum Gasteiger partial charge on any atom is 0.0544 e. The highest BCUT2D eigenvalue weighted by Crippen LogP contribution is 2.29. The van der Waals surface area contributed by atoms with E-state index in [-0.39, 0.29) is 12.1 Å². The summed E-state index contributed by atoms with van der Waals surface area (Å²) in [6.07, 6.45) is 3.26. The van der Waals surface area contributed by atoms with Gasteiger partial charge in [0.05, 0.1) is 6.10 Å². The average Bonchev–Trinajstić information content (AvgIpc) is 2.05. The van der Waals surface area contributed by atoms with Crippen LogP contribution in [0.15, 0.2) is 5.11 Å². The van der Waals surface area contributed by atoms with Gasteiger partial charge in [0.15, 0.2) is 0 Å². The van der Waals surface area contributed by atoms with Crippen molar-refractivity contribution in [2.45, 2.75) is 44.8 Å². The van der Waals surface area contributed by atoms with Crippen LogP contribution in [0.25, 0.3) is 10.4 Å². The lowest BCUT2D eigenvalue weighted by molar-refractivity contribution is 0.0943. The largest absolute Gasteiger partial charge is 0.393 e. The quantitative estimate of drug-likeness (QED) is 0.384. The summed E-state index contributed by atoms with van der Waals surface area (Å²) in [6.45, 7) is 2.10. The molecule has 1 saturated carbocycles. The Bertz CT molecular complexity index is 189. The fraction of sp³-hybridized carbons (Fsp3) is 1.00. The molecule has 0 saturated heterocycles. The van der Waals surface area contributed by atoms with Crippen LogP contribution in [0.3, 0.4) is 0 Å². The molecule has 3 atom stereocenters. The van der Waals surface area contributed by atoms with E-state index in [2.05, 4.69) is 16.9 Å². The SMILES string of the molecule is CCC1CCC(O)CC1N=[N+]=[N-]. The second-order valence-electron chi connectivity index (χ2n) is 3.41. The Morgan fingerprint density at radius 1 is 1.58 bits per heavy atom. The summed E-state index contributed by atoms with van der Waals surface area (Å²) in [5.74, 6) is 0.476. The third-order valence-electron chi connectivity index (χ3n) is 2.65. The van der Waals surface area contributed by atoms with Gasteiger partial charge in [-0.05, 0) is 30.7 Å². The first kappa shape index (κ1) is 9.36. The summed E-state index contributed by atoms with van der Waals surface area (Å²) in [5.41, 5.74) is 8.29. The van der Waals surface area contributed by atoms with Crippen LogP contribution in [0.1, 0.15) is 32.6 Å². The first-order valence-electron chi connectivity index (χ1n) is 4.50. The molecule has 4 heteroatoms. The third kappa shape index (κ3) is 2.13. The van der Waals surface area contributed by atoms with Crippen molar-refractivity contribution < 1.29 is 5.11 Å². The van der Waals surface area contributed by atoms with Gasteiger partial charge in [0.2, 0.25) is 0 Å². The minimum absolute atomic E-state index is 0.0174. The molecule has 0 amide bonds. The minimum Gasteiger partial charge on any atom is -0.393 e. The molecular weight excluding hydrogens is 154 g/mol. The predicted octanol–water partition coefficient (Wildman–Crippen LogP) is 2.24. The second kappa shape index (κ2) is 4.33. The molecule has 0 aliphatic heterocycles. The fourth-order valence-corrected chi connectivity index (χ4v) is 1.87. The first-order valence-corrected chi connectivity index (χ1v) is 4.50. The molecule has 0 spiro atoms. The Balaban J connectivity index is 2.57. The van der Waals surface area contributed by atoms with Gasteiger partial charge in [-0.3, -0.25) is 0 Å². The molecule has 0 heterocycles. The maximum absolute atomic E-state index is 9.34. The number of azide groups is 1. The lowest BCUT2D eigenvalue weighted by atomic mass is 9.82. The van der Waals surface area contributed by atoms with Gasteiger partial charge in [-0.15, -0.1) is 0 Å². The molecule has 1 rings (SSSR count). The maximum atomic E-state index is 9.34. The molecule has 1 N–H and O–H groups in total. The Hall–Kier alpha value is -0.730. The topological polar surface area (TPSA) is 69.0 Å². The number of aliphatic hydroxyl groups excluding tert-OH is 1. The van der Waals surface area contributed by atoms with Crippen LogP contribution in [0.2, 0.25) is 0 Å². The van der Waals surface area contributed by atoms with Crippen LogP contribution in [-0.2, 0) is 0 Å². The molecule has 0 aromatic rings. The third-order valence-corrected chi connectivity index (χ3v) is 2.65. The molecule has 0 aromatic carbocycles. The Morgan fingerprint density at radius 3 is 2.92 bits per heavy atom. The summed E-state index contributed by atoms with van der Waals surface area (Å²) < 4.78 is 0. The van der Waals surface area contributed by atoms with Gasteiger partial charge in [0, 0.05) is 11.0 Å². The van der Waals surface area contributed by atoms with Gasteiger partial charge >= 0.3 is 0 Å². The zero-order valence-electron chi connectivity index (χ0n) is 7.35. The molecule has 4 nitrogen and oxygen atoms in total. The molecule has 1 aliphatic rings. The van der Waals surface area contributed by atoms with Crippen molar-refractivity contribution in [2.75, 3.05) is 0 Å². The Morgan fingerprint density at radius 2 is 2.33 bits per heavy atom. The van der Waals surface area contributed by atoms with Gasteiger partial charge < -0.3 is 5.11 Å². The van der Waals surface area contributed by atoms with E-state index in [1.54, 1.807) is 0 Å². The van der Waals surface area contributed by atoms with Crippen molar-refractivity contribution in [3.63, 3.8) is 0 Å². The summed E-state index contributed by atoms with van der Waals surface area (Å²) in [4.78, 5) is 2.81. The van der Waals surface area contributed by atoms with Gasteiger partial charge in [-0.1, -0.05) is 18.5 Å². The average molecular weight is 169 g/mol. The van der Waals surface area contributed by atoms with E-state index in [1.165, 1.54) is 0 Å². The van der Waals surface area contributed by atoms with Crippen molar-refractivity contribution in [1.82, 2.24) is 0 Å². The zero-order chi connectivity index (χ0) is 8.97. The lowest BCUT2D eigenvalue weighted by Gasteiger charge is -2.30. The summed E-state index contributed by atoms with van der Waals surface area (Å²) in [7, 11) is 0. The fourth-order valence-electron chi connectivity index (χ4n) is 1.87. The van der Waals surface area contributed by atoms with Crippen molar-refractivity contribution in [2.24, 2.45) is 11.0 Å². The molecule has 1 aliphatic carbocycles. The van der Waals surface area contributed by atoms with E-state index in [1.807, 2.05) is 0 Å². The minimum atomic E-state index is -0.261. The van der Waals surface area contributed by atoms with Crippen LogP contribution >= 0.6 is 0 Å². The number of aliphatic hydroxyl groups is 1. The number of hydrogen-bond acceptors (Lipinski definition) is 2. The van der Waals surface area contributed by atoms with Gasteiger partial charge in [0.1, 0.15) is 0 Å². The highest BCUT2D eigenvalue weighted by molar-refractivity contribution is 4.84. The zero-order valence-corrected chi connectivity index (χ0v) is 7.35. The summed E-state index contributed by atoms with van der Waals surface area (Å²) in [6, 6.07) is 0.0174. The van der Waals surface area contributed by atoms with Crippen LogP contribution in [-0.4, -0.2) is 17.3 Å². The van der Waals surface area contributed by atoms with Gasteiger partial charge in [-0.2, -0.15) is 0 Å². The predicted molar refractivity (Wildman–Crippen MR) is 46.6 cm³/mol. The smallest absolute Gasteiger partial charge is 0.0544 e. The molecule has 0 radical (unpaired) electrons. The molecule has 12 heavy (non-hydrogen) atoms. The monoisotopic (exact) mass is 169 g/mol. The highest BCUT2D eigenvalue weighted by Gasteiger charge is 2.27. The molecular formula is C8H15N3O. The second-order valence-corrected chi connectivity index (χ2v) is 3.41. The molecule has 1 fully saturated rings. The summed E-state index contributed by atoms with van der Waals surface area (Å²) >= 11 is 0. The number of rotatable bonds is 2. The van der Waals surface area contributed by atoms with Gasteiger partial charge in [0.25, 0.3) is 0 Å². The lowest BCUT2D eigenvalue weighted by Crippen LogP contribution is -2.30. The number of hydrogen-bond donors (Lipinski definition) is 1. The van der Waals surface area contributed by atoms with Gasteiger partial charge in [-0.25, -0.2) is 0 Å². The van der Waals surface area contributed by atoms with E-state index in [9.17, 15) is 5.11 Å². The van der Waals surface area contributed by atoms with Crippen LogP contribution in [0.4, 0.5) is 0 Å². The molecule has 68 valence electrons. The van der Waals surface area contributed by atoms with Crippen molar-refractivity contribution in [1.29, 1.82) is 0 Å². The van der Waals surface area contributed by atoms with E-state index in [0.717, 1.165) is 19.3 Å². The first-order chi connectivity index (χ1) is 5.77. The van der Waals surface area contributed by atoms with Crippen LogP contribution < -0.4 is 0 Å². The van der Waals surface area contributed by atoms with Crippen LogP contribution in [0.5, 0.6) is 0 Å². The Kier molecular flexibility index (Phi) is 3.38. The normalized spacial score (nSPS) is 35.7. The van der Waals surface area contributed by atoms with E-state index >= 15 is 0 Å². The van der Waals surface area contributed by atoms with Crippen LogP contribution in [0, 0.1) is 5.92 Å². The van der Waals surface area contributed by atoms with E-state index in [0.29, 0.717) is 12.3 Å². The van der Waals surface area contributed by atoms with E-state index < -0.39 is 0 Å². The van der Waals surface area contributed by atoms with Crippen molar-refractivity contribution >= 4 is 0 Å². The Labute approximate surface area is 72.2 Å². The molecule has 3 unspecified atom stereocenters. The van der Waals surface area contributed by atoms with Crippen molar-refractivity contribution in [3.05, 3.63) is 10.4 Å². The van der Waals surface area contributed by atoms with E-state index in [4.69, 9.17) is 5.53 Å². The summed E-state index contributed by atoms with van der Waals surface area (Å²) in [5, 5.41) is 13.0. The standard InChI is InChI=1S/C8H15N3O/c1-2-6-3-4-7(12)5-8(6)10-11-9/h6-8,12H,2-5H2,1H3. The molecule has 0 bridgehead atoms. The number of nitrogens with zero attached hydrogens (tertiary/aromatic N) is 3.